The molecule has 2 N–H and O–H groups in total. The largest absolute Gasteiger partial charge is 0.356 e. The van der Waals surface area contributed by atoms with Gasteiger partial charge in [0.2, 0.25) is 5.91 Å². The average Bonchev–Trinajstić information content (AvgIpc) is 2.52. The summed E-state index contributed by atoms with van der Waals surface area (Å²) in [5.41, 5.74) is 0.786. The molecular weight excluding hydrogens is 224 g/mol. The normalized spacial score (nSPS) is 21.7. The Kier molecular flexibility index (Phi) is 4.16. The van der Waals surface area contributed by atoms with Gasteiger partial charge in [-0.1, -0.05) is 27.7 Å². The van der Waals surface area contributed by atoms with Gasteiger partial charge in [0.25, 0.3) is 0 Å². The van der Waals surface area contributed by atoms with Gasteiger partial charge in [0.05, 0.1) is 0 Å². The molecule has 0 saturated heterocycles. The topological polar surface area (TPSA) is 41.1 Å². The number of amides is 1. The summed E-state index contributed by atoms with van der Waals surface area (Å²) in [6.07, 6.45) is 0.560. The first-order valence-corrected chi connectivity index (χ1v) is 7.00. The molecule has 0 heterocycles. The van der Waals surface area contributed by atoms with E-state index in [0.29, 0.717) is 23.2 Å². The summed E-state index contributed by atoms with van der Waals surface area (Å²) in [4.78, 5) is 11.7. The number of rotatable bonds is 5. The van der Waals surface area contributed by atoms with E-state index in [2.05, 4.69) is 59.1 Å². The highest BCUT2D eigenvalue weighted by Crippen LogP contribution is 2.67. The molecule has 0 atom stereocenters. The summed E-state index contributed by atoms with van der Waals surface area (Å²) < 4.78 is 0. The van der Waals surface area contributed by atoms with Crippen LogP contribution in [0.1, 0.15) is 54.9 Å². The zero-order valence-electron chi connectivity index (χ0n) is 13.1. The van der Waals surface area contributed by atoms with E-state index in [9.17, 15) is 4.79 Å². The Balaban J connectivity index is 2.20. The molecule has 106 valence electrons. The van der Waals surface area contributed by atoms with Gasteiger partial charge in [-0.15, -0.1) is 0 Å². The summed E-state index contributed by atoms with van der Waals surface area (Å²) in [6.45, 7) is 17.0. The van der Waals surface area contributed by atoms with Gasteiger partial charge in [-0.3, -0.25) is 4.79 Å². The highest BCUT2D eigenvalue weighted by Gasteiger charge is 2.64. The lowest BCUT2D eigenvalue weighted by atomic mass is 10.0. The van der Waals surface area contributed by atoms with Crippen molar-refractivity contribution in [3.63, 3.8) is 0 Å². The van der Waals surface area contributed by atoms with Crippen LogP contribution >= 0.6 is 0 Å². The minimum Gasteiger partial charge on any atom is -0.356 e. The fourth-order valence-electron chi connectivity index (χ4n) is 2.70. The van der Waals surface area contributed by atoms with Gasteiger partial charge in [0.1, 0.15) is 0 Å². The molecule has 0 aromatic rings. The minimum absolute atomic E-state index is 0.0841. The van der Waals surface area contributed by atoms with E-state index in [4.69, 9.17) is 0 Å². The lowest BCUT2D eigenvalue weighted by Crippen LogP contribution is -2.38. The van der Waals surface area contributed by atoms with Crippen LogP contribution in [0.5, 0.6) is 0 Å². The highest BCUT2D eigenvalue weighted by atomic mass is 16.1. The summed E-state index contributed by atoms with van der Waals surface area (Å²) in [5, 5.41) is 6.39. The maximum Gasteiger partial charge on any atom is 0.221 e. The van der Waals surface area contributed by atoms with Gasteiger partial charge >= 0.3 is 0 Å². The van der Waals surface area contributed by atoms with Crippen molar-refractivity contribution in [1.82, 2.24) is 10.6 Å². The van der Waals surface area contributed by atoms with Crippen molar-refractivity contribution in [3.05, 3.63) is 0 Å². The van der Waals surface area contributed by atoms with Crippen molar-refractivity contribution in [2.45, 2.75) is 60.4 Å². The van der Waals surface area contributed by atoms with E-state index in [0.717, 1.165) is 13.1 Å². The molecule has 1 saturated carbocycles. The number of carbonyl (C=O) groups is 1. The minimum atomic E-state index is 0.0841. The Hall–Kier alpha value is -0.570. The SMILES string of the molecule is CC(C)(C)NCCC(=O)NCC1C(C)(C)C1(C)C. The van der Waals surface area contributed by atoms with Crippen LogP contribution in [0.15, 0.2) is 0 Å². The Morgan fingerprint density at radius 2 is 1.61 bits per heavy atom. The molecule has 0 aliphatic heterocycles. The Morgan fingerprint density at radius 1 is 1.11 bits per heavy atom. The summed E-state index contributed by atoms with van der Waals surface area (Å²) in [7, 11) is 0. The zero-order valence-corrected chi connectivity index (χ0v) is 13.1. The predicted molar refractivity (Wildman–Crippen MR) is 76.4 cm³/mol. The van der Waals surface area contributed by atoms with E-state index in [1.54, 1.807) is 0 Å². The van der Waals surface area contributed by atoms with Crippen LogP contribution in [0.4, 0.5) is 0 Å². The van der Waals surface area contributed by atoms with E-state index in [-0.39, 0.29) is 11.4 Å². The van der Waals surface area contributed by atoms with E-state index in [1.807, 2.05) is 0 Å². The van der Waals surface area contributed by atoms with Crippen molar-refractivity contribution in [2.24, 2.45) is 16.7 Å². The number of hydrogen-bond acceptors (Lipinski definition) is 2. The molecular formula is C15H30N2O. The van der Waals surface area contributed by atoms with Crippen molar-refractivity contribution in [3.8, 4) is 0 Å². The molecule has 18 heavy (non-hydrogen) atoms. The van der Waals surface area contributed by atoms with Crippen LogP contribution in [0.3, 0.4) is 0 Å². The molecule has 0 aromatic heterocycles. The van der Waals surface area contributed by atoms with Gasteiger partial charge in [-0.05, 0) is 37.5 Å². The molecule has 1 aliphatic rings. The quantitative estimate of drug-likeness (QED) is 0.791. The maximum absolute atomic E-state index is 11.7. The Bertz CT molecular complexity index is 299. The molecule has 0 aromatic carbocycles. The van der Waals surface area contributed by atoms with Crippen LogP contribution in [0.2, 0.25) is 0 Å². The van der Waals surface area contributed by atoms with E-state index < -0.39 is 0 Å². The molecule has 0 bridgehead atoms. The fourth-order valence-corrected chi connectivity index (χ4v) is 2.70. The third-order valence-electron chi connectivity index (χ3n) is 4.83. The summed E-state index contributed by atoms with van der Waals surface area (Å²) in [6, 6.07) is 0. The predicted octanol–water partition coefficient (Wildman–Crippen LogP) is 2.56. The molecule has 1 fully saturated rings. The monoisotopic (exact) mass is 254 g/mol. The molecule has 3 nitrogen and oxygen atoms in total. The molecule has 0 radical (unpaired) electrons. The molecule has 1 amide bonds. The highest BCUT2D eigenvalue weighted by molar-refractivity contribution is 5.76. The molecule has 0 unspecified atom stereocenters. The van der Waals surface area contributed by atoms with Gasteiger partial charge < -0.3 is 10.6 Å². The first-order chi connectivity index (χ1) is 7.98. The van der Waals surface area contributed by atoms with Crippen molar-refractivity contribution in [2.75, 3.05) is 13.1 Å². The van der Waals surface area contributed by atoms with Gasteiger partial charge in [-0.25, -0.2) is 0 Å². The number of nitrogens with one attached hydrogen (secondary N) is 2. The summed E-state index contributed by atoms with van der Waals surface area (Å²) in [5.74, 6) is 0.759. The van der Waals surface area contributed by atoms with Gasteiger partial charge in [-0.2, -0.15) is 0 Å². The fraction of sp³-hybridized carbons (Fsp3) is 0.933. The zero-order chi connectivity index (χ0) is 14.2. The van der Waals surface area contributed by atoms with Crippen molar-refractivity contribution >= 4 is 5.91 Å². The van der Waals surface area contributed by atoms with Crippen LogP contribution in [0.25, 0.3) is 0 Å². The average molecular weight is 254 g/mol. The smallest absolute Gasteiger partial charge is 0.221 e. The van der Waals surface area contributed by atoms with Crippen molar-refractivity contribution in [1.29, 1.82) is 0 Å². The second-order valence-corrected chi connectivity index (χ2v) is 7.73. The third-order valence-corrected chi connectivity index (χ3v) is 4.83. The molecule has 3 heteroatoms. The summed E-state index contributed by atoms with van der Waals surface area (Å²) >= 11 is 0. The molecule has 1 rings (SSSR count). The Labute approximate surface area is 112 Å². The van der Waals surface area contributed by atoms with Gasteiger partial charge in [0, 0.05) is 25.0 Å². The third kappa shape index (κ3) is 3.47. The number of carbonyl (C=O) groups excluding carboxylic acids is 1. The molecule has 0 spiro atoms. The first kappa shape index (κ1) is 15.5. The van der Waals surface area contributed by atoms with E-state index in [1.165, 1.54) is 0 Å². The lowest BCUT2D eigenvalue weighted by Gasteiger charge is -2.20. The standard InChI is InChI=1S/C15H30N2O/c1-13(2,3)17-9-8-12(18)16-10-11-14(4,5)15(11,6)7/h11,17H,8-10H2,1-7H3,(H,16,18). The van der Waals surface area contributed by atoms with E-state index >= 15 is 0 Å². The first-order valence-electron chi connectivity index (χ1n) is 7.00. The second-order valence-electron chi connectivity index (χ2n) is 7.73. The van der Waals surface area contributed by atoms with Crippen LogP contribution in [-0.2, 0) is 4.79 Å². The van der Waals surface area contributed by atoms with Crippen LogP contribution < -0.4 is 10.6 Å². The van der Waals surface area contributed by atoms with Crippen LogP contribution in [-0.4, -0.2) is 24.5 Å². The second kappa shape index (κ2) is 4.84. The maximum atomic E-state index is 11.7. The van der Waals surface area contributed by atoms with Crippen LogP contribution in [0, 0.1) is 16.7 Å². The van der Waals surface area contributed by atoms with Crippen molar-refractivity contribution < 1.29 is 4.79 Å². The van der Waals surface area contributed by atoms with Gasteiger partial charge in [0.15, 0.2) is 0 Å². The Morgan fingerprint density at radius 3 is 2.00 bits per heavy atom. The lowest BCUT2D eigenvalue weighted by molar-refractivity contribution is -0.121. The number of hydrogen-bond donors (Lipinski definition) is 2. The molecule has 1 aliphatic carbocycles.